The molecule has 0 atom stereocenters. The quantitative estimate of drug-likeness (QED) is 0.782. The topological polar surface area (TPSA) is 93.7 Å². The van der Waals surface area contributed by atoms with Gasteiger partial charge in [-0.15, -0.1) is 0 Å². The molecule has 8 heteroatoms. The third kappa shape index (κ3) is 3.04. The summed E-state index contributed by atoms with van der Waals surface area (Å²) in [7, 11) is 0.762. The van der Waals surface area contributed by atoms with Crippen molar-refractivity contribution in [2.45, 2.75) is 4.90 Å². The van der Waals surface area contributed by atoms with Crippen LogP contribution in [0.2, 0.25) is 0 Å². The van der Waals surface area contributed by atoms with Crippen molar-refractivity contribution in [3.8, 4) is 11.5 Å². The summed E-state index contributed by atoms with van der Waals surface area (Å²) in [5.74, 6) is 0.707. The molecule has 0 spiro atoms. The lowest BCUT2D eigenvalue weighted by molar-refractivity contribution is -0.110. The van der Waals surface area contributed by atoms with Gasteiger partial charge in [-0.25, -0.2) is 13.1 Å². The van der Waals surface area contributed by atoms with Crippen LogP contribution in [0.25, 0.3) is 11.6 Å². The summed E-state index contributed by atoms with van der Waals surface area (Å²) in [5.41, 5.74) is 2.06. The first-order valence-electron chi connectivity index (χ1n) is 7.73. The van der Waals surface area contributed by atoms with E-state index in [1.54, 1.807) is 30.3 Å². The van der Waals surface area contributed by atoms with Crippen LogP contribution in [0.15, 0.2) is 41.3 Å². The molecule has 2 aromatic carbocycles. The van der Waals surface area contributed by atoms with Gasteiger partial charge in [0.15, 0.2) is 11.5 Å². The van der Waals surface area contributed by atoms with E-state index in [0.717, 1.165) is 0 Å². The minimum absolute atomic E-state index is 0.0822. The van der Waals surface area contributed by atoms with Gasteiger partial charge in [-0.3, -0.25) is 4.79 Å². The lowest BCUT2D eigenvalue weighted by Crippen LogP contribution is -2.18. The molecule has 1 aliphatic rings. The van der Waals surface area contributed by atoms with Crippen LogP contribution < -0.4 is 19.5 Å². The lowest BCUT2D eigenvalue weighted by Gasteiger charge is -2.10. The molecule has 0 aliphatic carbocycles. The molecule has 26 heavy (non-hydrogen) atoms. The fraction of sp³-hybridized carbons (Fsp3) is 0.167. The van der Waals surface area contributed by atoms with E-state index < -0.39 is 10.0 Å². The van der Waals surface area contributed by atoms with Gasteiger partial charge in [0, 0.05) is 22.4 Å². The van der Waals surface area contributed by atoms with Crippen molar-refractivity contribution in [3.05, 3.63) is 47.5 Å². The Morgan fingerprint density at radius 3 is 2.54 bits per heavy atom. The maximum atomic E-state index is 12.4. The monoisotopic (exact) mass is 374 g/mol. The van der Waals surface area contributed by atoms with Crippen molar-refractivity contribution in [3.63, 3.8) is 0 Å². The summed E-state index contributed by atoms with van der Waals surface area (Å²) >= 11 is 0. The van der Waals surface area contributed by atoms with Crippen LogP contribution >= 0.6 is 0 Å². The number of rotatable bonds is 5. The average molecular weight is 374 g/mol. The Morgan fingerprint density at radius 2 is 1.88 bits per heavy atom. The van der Waals surface area contributed by atoms with Crippen LogP contribution in [-0.4, -0.2) is 35.6 Å². The van der Waals surface area contributed by atoms with E-state index in [0.29, 0.717) is 33.9 Å². The maximum Gasteiger partial charge on any atom is 0.256 e. The van der Waals surface area contributed by atoms with Crippen LogP contribution in [0.4, 0.5) is 5.69 Å². The molecule has 0 saturated heterocycles. The largest absolute Gasteiger partial charge is 0.493 e. The number of methoxy groups -OCH3 is 2. The molecule has 0 aromatic heterocycles. The van der Waals surface area contributed by atoms with Crippen molar-refractivity contribution < 1.29 is 22.7 Å². The van der Waals surface area contributed by atoms with Crippen molar-refractivity contribution in [1.29, 1.82) is 0 Å². The zero-order chi connectivity index (χ0) is 18.9. The summed E-state index contributed by atoms with van der Waals surface area (Å²) in [5, 5.41) is 2.74. The van der Waals surface area contributed by atoms with E-state index in [-0.39, 0.29) is 10.8 Å². The summed E-state index contributed by atoms with van der Waals surface area (Å²) in [6.07, 6.45) is 1.65. The summed E-state index contributed by atoms with van der Waals surface area (Å²) in [6.45, 7) is 0. The third-order valence-corrected chi connectivity index (χ3v) is 5.50. The van der Waals surface area contributed by atoms with Gasteiger partial charge in [0.1, 0.15) is 0 Å². The van der Waals surface area contributed by atoms with Crippen molar-refractivity contribution in [2.24, 2.45) is 0 Å². The van der Waals surface area contributed by atoms with E-state index in [9.17, 15) is 13.2 Å². The molecule has 7 nitrogen and oxygen atoms in total. The molecule has 0 fully saturated rings. The standard InChI is InChI=1S/C18H18N2O5S/c1-19-26(22,23)12-7-8-15-13(10-12)14(18(21)20-15)9-11-5-4-6-16(24-2)17(11)25-3/h4-10,19H,1-3H3,(H,20,21). The van der Waals surface area contributed by atoms with E-state index in [4.69, 9.17) is 9.47 Å². The molecule has 2 N–H and O–H groups in total. The summed E-state index contributed by atoms with van der Waals surface area (Å²) in [4.78, 5) is 12.5. The van der Waals surface area contributed by atoms with Gasteiger partial charge < -0.3 is 14.8 Å². The number of amides is 1. The number of nitrogens with one attached hydrogen (secondary N) is 2. The van der Waals surface area contributed by atoms with Gasteiger partial charge >= 0.3 is 0 Å². The number of fused-ring (bicyclic) bond motifs is 1. The van der Waals surface area contributed by atoms with Crippen molar-refractivity contribution in [2.75, 3.05) is 26.6 Å². The molecular formula is C18H18N2O5S. The molecule has 0 unspecified atom stereocenters. The average Bonchev–Trinajstić information content (AvgIpc) is 2.96. The first-order valence-corrected chi connectivity index (χ1v) is 9.21. The van der Waals surface area contributed by atoms with Crippen LogP contribution in [0, 0.1) is 0 Å². The Kier molecular flexibility index (Phi) is 4.71. The number of carbonyl (C=O) groups excluding carboxylic acids is 1. The van der Waals surface area contributed by atoms with Gasteiger partial charge in [0.25, 0.3) is 5.91 Å². The SMILES string of the molecule is CNS(=O)(=O)c1ccc2c(c1)C(=Cc1cccc(OC)c1OC)C(=O)N2. The number of ether oxygens (including phenoxy) is 2. The summed E-state index contributed by atoms with van der Waals surface area (Å²) in [6, 6.07) is 9.80. The molecule has 1 heterocycles. The lowest BCUT2D eigenvalue weighted by atomic mass is 10.0. The van der Waals surface area contributed by atoms with Crippen molar-refractivity contribution >= 4 is 33.3 Å². The first kappa shape index (κ1) is 18.0. The zero-order valence-electron chi connectivity index (χ0n) is 14.5. The number of hydrogen-bond acceptors (Lipinski definition) is 5. The van der Waals surface area contributed by atoms with E-state index in [1.165, 1.54) is 33.4 Å². The predicted octanol–water partition coefficient (Wildman–Crippen LogP) is 2.10. The second-order valence-electron chi connectivity index (χ2n) is 5.51. The Morgan fingerprint density at radius 1 is 1.12 bits per heavy atom. The number of hydrogen-bond donors (Lipinski definition) is 2. The first-order chi connectivity index (χ1) is 12.4. The second kappa shape index (κ2) is 6.81. The van der Waals surface area contributed by atoms with Gasteiger partial charge in [-0.2, -0.15) is 0 Å². The molecular weight excluding hydrogens is 356 g/mol. The summed E-state index contributed by atoms with van der Waals surface area (Å²) < 4.78 is 37.0. The highest BCUT2D eigenvalue weighted by Gasteiger charge is 2.27. The molecule has 1 aliphatic heterocycles. The Labute approximate surface area is 151 Å². The number of sulfonamides is 1. The maximum absolute atomic E-state index is 12.4. The van der Waals surface area contributed by atoms with Crippen LogP contribution in [-0.2, 0) is 14.8 Å². The number of anilines is 1. The molecule has 2 aromatic rings. The fourth-order valence-electron chi connectivity index (χ4n) is 2.78. The van der Waals surface area contributed by atoms with Crippen LogP contribution in [0.5, 0.6) is 11.5 Å². The number of benzene rings is 2. The second-order valence-corrected chi connectivity index (χ2v) is 7.40. The molecule has 1 amide bonds. The highest BCUT2D eigenvalue weighted by atomic mass is 32.2. The number of carbonyl (C=O) groups is 1. The van der Waals surface area contributed by atoms with E-state index in [2.05, 4.69) is 10.0 Å². The molecule has 0 radical (unpaired) electrons. The Balaban J connectivity index is 2.16. The molecule has 136 valence electrons. The van der Waals surface area contributed by atoms with Crippen LogP contribution in [0.3, 0.4) is 0 Å². The fourth-order valence-corrected chi connectivity index (χ4v) is 3.53. The molecule has 0 saturated carbocycles. The van der Waals surface area contributed by atoms with Gasteiger partial charge in [0.2, 0.25) is 10.0 Å². The Bertz CT molecular complexity index is 1010. The highest BCUT2D eigenvalue weighted by molar-refractivity contribution is 7.89. The van der Waals surface area contributed by atoms with E-state index in [1.807, 2.05) is 0 Å². The predicted molar refractivity (Wildman–Crippen MR) is 98.7 cm³/mol. The van der Waals surface area contributed by atoms with E-state index >= 15 is 0 Å². The minimum Gasteiger partial charge on any atom is -0.493 e. The normalized spacial score (nSPS) is 14.9. The third-order valence-electron chi connectivity index (χ3n) is 4.09. The van der Waals surface area contributed by atoms with Crippen molar-refractivity contribution in [1.82, 2.24) is 4.72 Å². The van der Waals surface area contributed by atoms with Crippen LogP contribution in [0.1, 0.15) is 11.1 Å². The van der Waals surface area contributed by atoms with Gasteiger partial charge in [0.05, 0.1) is 19.1 Å². The minimum atomic E-state index is -3.62. The Hall–Kier alpha value is -2.84. The smallest absolute Gasteiger partial charge is 0.256 e. The molecule has 3 rings (SSSR count). The van der Waals surface area contributed by atoms with Gasteiger partial charge in [-0.05, 0) is 37.4 Å². The highest BCUT2D eigenvalue weighted by Crippen LogP contribution is 2.38. The van der Waals surface area contributed by atoms with Gasteiger partial charge in [-0.1, -0.05) is 12.1 Å². The molecule has 0 bridgehead atoms. The zero-order valence-corrected chi connectivity index (χ0v) is 15.3. The number of para-hydroxylation sites is 1.